The van der Waals surface area contributed by atoms with Crippen LogP contribution in [0, 0.1) is 5.82 Å². The molecule has 5 N–H and O–H groups in total. The summed E-state index contributed by atoms with van der Waals surface area (Å²) in [5, 5.41) is 20.1. The smallest absolute Gasteiger partial charge is 0.328 e. The van der Waals surface area contributed by atoms with Crippen molar-refractivity contribution in [1.82, 2.24) is 20.9 Å². The van der Waals surface area contributed by atoms with Crippen LogP contribution in [0.2, 0.25) is 0 Å². The van der Waals surface area contributed by atoms with Crippen molar-refractivity contribution in [2.75, 3.05) is 56.0 Å². The average Bonchev–Trinajstić information content (AvgIpc) is 2.92. The Bertz CT molecular complexity index is 1070. The van der Waals surface area contributed by atoms with Gasteiger partial charge in [0.2, 0.25) is 0 Å². The largest absolute Gasteiger partial charge is 0.480 e. The van der Waals surface area contributed by atoms with Gasteiger partial charge in [0.25, 0.3) is 5.91 Å². The maximum atomic E-state index is 13.0. The van der Waals surface area contributed by atoms with E-state index in [4.69, 9.17) is 0 Å². The number of carbonyl (C=O) groups excluding carboxylic acids is 2. The molecule has 2 fully saturated rings. The SMILES string of the molecule is O=C(Nc1ccc(F)cc1)N[C@@H](CNC(=O)c1ccc(N2CCN(C3CCNCC3)CC2)cc1)C(=O)O. The van der Waals surface area contributed by atoms with Crippen molar-refractivity contribution >= 4 is 29.3 Å². The summed E-state index contributed by atoms with van der Waals surface area (Å²) in [6.07, 6.45) is 2.39. The molecule has 4 rings (SSSR count). The number of halogens is 1. The number of hydrogen-bond acceptors (Lipinski definition) is 6. The minimum absolute atomic E-state index is 0.300. The first-order valence-electron chi connectivity index (χ1n) is 12.5. The molecular formula is C26H33FN6O4. The number of aliphatic carboxylic acids is 1. The molecular weight excluding hydrogens is 479 g/mol. The molecule has 2 saturated heterocycles. The number of piperazine rings is 1. The molecule has 0 radical (unpaired) electrons. The number of benzene rings is 2. The van der Waals surface area contributed by atoms with Gasteiger partial charge in [0.15, 0.2) is 0 Å². The fourth-order valence-corrected chi connectivity index (χ4v) is 4.70. The van der Waals surface area contributed by atoms with Crippen LogP contribution in [0.1, 0.15) is 23.2 Å². The Kier molecular flexibility index (Phi) is 8.91. The zero-order valence-corrected chi connectivity index (χ0v) is 20.6. The average molecular weight is 513 g/mol. The van der Waals surface area contributed by atoms with Crippen LogP contribution in [0.15, 0.2) is 48.5 Å². The zero-order valence-electron chi connectivity index (χ0n) is 20.6. The number of nitrogens with zero attached hydrogens (tertiary/aromatic N) is 2. The standard InChI is InChI=1S/C26H33FN6O4/c27-19-3-5-20(6-4-19)30-26(37)31-23(25(35)36)17-29-24(34)18-1-7-21(8-2-18)32-13-15-33(16-14-32)22-9-11-28-12-10-22/h1-8,22-23,28H,9-17H2,(H,29,34)(H,35,36)(H2,30,31,37)/t23-/m0/s1. The van der Waals surface area contributed by atoms with Gasteiger partial charge in [0.05, 0.1) is 0 Å². The van der Waals surface area contributed by atoms with E-state index < -0.39 is 29.8 Å². The molecule has 0 bridgehead atoms. The Morgan fingerprint density at radius 2 is 1.62 bits per heavy atom. The maximum Gasteiger partial charge on any atom is 0.328 e. The molecule has 198 valence electrons. The van der Waals surface area contributed by atoms with Gasteiger partial charge < -0.3 is 31.3 Å². The van der Waals surface area contributed by atoms with Crippen molar-refractivity contribution in [3.8, 4) is 0 Å². The number of hydrogen-bond donors (Lipinski definition) is 5. The van der Waals surface area contributed by atoms with E-state index in [0.717, 1.165) is 45.0 Å². The van der Waals surface area contributed by atoms with Crippen molar-refractivity contribution in [1.29, 1.82) is 0 Å². The predicted octanol–water partition coefficient (Wildman–Crippen LogP) is 1.70. The molecule has 2 aliphatic heterocycles. The zero-order chi connectivity index (χ0) is 26.2. The number of piperidine rings is 1. The Morgan fingerprint density at radius 3 is 2.24 bits per heavy atom. The fourth-order valence-electron chi connectivity index (χ4n) is 4.70. The molecule has 0 aromatic heterocycles. The topological polar surface area (TPSA) is 126 Å². The van der Waals surface area contributed by atoms with Crippen molar-refractivity contribution in [3.63, 3.8) is 0 Å². The molecule has 1 atom stereocenters. The number of rotatable bonds is 8. The third-order valence-corrected chi connectivity index (χ3v) is 6.81. The highest BCUT2D eigenvalue weighted by Gasteiger charge is 2.25. The number of anilines is 2. The third kappa shape index (κ3) is 7.40. The lowest BCUT2D eigenvalue weighted by Gasteiger charge is -2.41. The summed E-state index contributed by atoms with van der Waals surface area (Å²) >= 11 is 0. The Morgan fingerprint density at radius 1 is 0.973 bits per heavy atom. The number of amides is 3. The van der Waals surface area contributed by atoms with Crippen molar-refractivity contribution in [2.45, 2.75) is 24.9 Å². The van der Waals surface area contributed by atoms with Crippen LogP contribution < -0.4 is 26.2 Å². The Hall–Kier alpha value is -3.70. The predicted molar refractivity (Wildman–Crippen MR) is 138 cm³/mol. The van der Waals surface area contributed by atoms with E-state index in [0.29, 0.717) is 17.3 Å². The van der Waals surface area contributed by atoms with E-state index in [1.54, 1.807) is 12.1 Å². The highest BCUT2D eigenvalue weighted by molar-refractivity contribution is 5.95. The summed E-state index contributed by atoms with van der Waals surface area (Å²) < 4.78 is 13.0. The normalized spacial score (nSPS) is 17.6. The summed E-state index contributed by atoms with van der Waals surface area (Å²) in [5.74, 6) is -2.19. The molecule has 11 heteroatoms. The van der Waals surface area contributed by atoms with Crippen LogP contribution in [0.25, 0.3) is 0 Å². The number of urea groups is 1. The van der Waals surface area contributed by atoms with E-state index >= 15 is 0 Å². The molecule has 3 amide bonds. The summed E-state index contributed by atoms with van der Waals surface area (Å²) in [5.41, 5.74) is 1.75. The van der Waals surface area contributed by atoms with E-state index in [9.17, 15) is 23.9 Å². The molecule has 0 spiro atoms. The van der Waals surface area contributed by atoms with Gasteiger partial charge in [-0.3, -0.25) is 9.69 Å². The molecule has 2 aromatic carbocycles. The first-order valence-corrected chi connectivity index (χ1v) is 12.5. The quantitative estimate of drug-likeness (QED) is 0.365. The van der Waals surface area contributed by atoms with E-state index in [1.165, 1.54) is 37.1 Å². The molecule has 0 unspecified atom stereocenters. The first kappa shape index (κ1) is 26.4. The van der Waals surface area contributed by atoms with E-state index in [1.807, 2.05) is 12.1 Å². The van der Waals surface area contributed by atoms with Crippen molar-refractivity contribution < 1.29 is 23.9 Å². The van der Waals surface area contributed by atoms with Crippen LogP contribution >= 0.6 is 0 Å². The van der Waals surface area contributed by atoms with Crippen LogP contribution in [-0.2, 0) is 4.79 Å². The van der Waals surface area contributed by atoms with Crippen LogP contribution in [0.5, 0.6) is 0 Å². The van der Waals surface area contributed by atoms with Crippen LogP contribution in [-0.4, -0.2) is 85.8 Å². The minimum atomic E-state index is -1.35. The molecule has 2 heterocycles. The minimum Gasteiger partial charge on any atom is -0.480 e. The van der Waals surface area contributed by atoms with Crippen LogP contribution in [0.3, 0.4) is 0 Å². The second kappa shape index (κ2) is 12.5. The molecule has 37 heavy (non-hydrogen) atoms. The molecule has 2 aromatic rings. The summed E-state index contributed by atoms with van der Waals surface area (Å²) in [4.78, 5) is 41.2. The Balaban J connectivity index is 1.24. The number of carbonyl (C=O) groups is 3. The lowest BCUT2D eigenvalue weighted by Crippen LogP contribution is -2.52. The molecule has 10 nitrogen and oxygen atoms in total. The Labute approximate surface area is 215 Å². The number of nitrogens with one attached hydrogen (secondary N) is 4. The third-order valence-electron chi connectivity index (χ3n) is 6.81. The van der Waals surface area contributed by atoms with Gasteiger partial charge in [0.1, 0.15) is 11.9 Å². The molecule has 0 aliphatic carbocycles. The van der Waals surface area contributed by atoms with Gasteiger partial charge in [-0.25, -0.2) is 14.0 Å². The maximum absolute atomic E-state index is 13.0. The van der Waals surface area contributed by atoms with E-state index in [-0.39, 0.29) is 6.54 Å². The van der Waals surface area contributed by atoms with Gasteiger partial charge in [0, 0.05) is 55.7 Å². The van der Waals surface area contributed by atoms with Crippen molar-refractivity contribution in [2.24, 2.45) is 0 Å². The number of carboxylic acid groups (broad SMARTS) is 1. The summed E-state index contributed by atoms with van der Waals surface area (Å²) in [7, 11) is 0. The monoisotopic (exact) mass is 512 g/mol. The molecule has 0 saturated carbocycles. The lowest BCUT2D eigenvalue weighted by molar-refractivity contribution is -0.138. The fraction of sp³-hybridized carbons (Fsp3) is 0.423. The molecule has 2 aliphatic rings. The second-order valence-electron chi connectivity index (χ2n) is 9.26. The van der Waals surface area contributed by atoms with E-state index in [2.05, 4.69) is 31.1 Å². The van der Waals surface area contributed by atoms with Crippen molar-refractivity contribution in [3.05, 3.63) is 59.9 Å². The van der Waals surface area contributed by atoms with Gasteiger partial charge in [-0.1, -0.05) is 0 Å². The summed E-state index contributed by atoms with van der Waals surface area (Å²) in [6, 6.07) is 10.8. The highest BCUT2D eigenvalue weighted by atomic mass is 19.1. The highest BCUT2D eigenvalue weighted by Crippen LogP contribution is 2.20. The van der Waals surface area contributed by atoms with Gasteiger partial charge in [-0.15, -0.1) is 0 Å². The van der Waals surface area contributed by atoms with Crippen LogP contribution in [0.4, 0.5) is 20.6 Å². The summed E-state index contributed by atoms with van der Waals surface area (Å²) in [6.45, 7) is 5.77. The number of carboxylic acids is 1. The second-order valence-corrected chi connectivity index (χ2v) is 9.26. The first-order chi connectivity index (χ1) is 17.9. The van der Waals surface area contributed by atoms with Gasteiger partial charge in [-0.2, -0.15) is 0 Å². The van der Waals surface area contributed by atoms with Gasteiger partial charge in [-0.05, 0) is 74.5 Å². The van der Waals surface area contributed by atoms with Gasteiger partial charge >= 0.3 is 12.0 Å². The lowest BCUT2D eigenvalue weighted by atomic mass is 10.0.